The molecule has 0 aliphatic heterocycles. The molecule has 4 nitrogen and oxygen atoms in total. The second kappa shape index (κ2) is 7.03. The van der Waals surface area contributed by atoms with Gasteiger partial charge in [0, 0.05) is 18.9 Å². The third kappa shape index (κ3) is 3.23. The summed E-state index contributed by atoms with van der Waals surface area (Å²) in [6.07, 6.45) is 6.87. The minimum Gasteiger partial charge on any atom is -0.264 e. The van der Waals surface area contributed by atoms with Gasteiger partial charge in [0.1, 0.15) is 0 Å². The Hall–Kier alpha value is -1.72. The lowest BCUT2D eigenvalue weighted by Crippen LogP contribution is -2.36. The molecule has 1 aromatic heterocycles. The highest BCUT2D eigenvalue weighted by Gasteiger charge is 2.30. The minimum absolute atomic E-state index is 0.0997. The minimum atomic E-state index is -3.31. The van der Waals surface area contributed by atoms with Crippen LogP contribution < -0.4 is 0 Å². The number of hydrogen-bond donors (Lipinski definition) is 0. The molecule has 1 aliphatic rings. The lowest BCUT2D eigenvalue weighted by atomic mass is 9.96. The summed E-state index contributed by atoms with van der Waals surface area (Å²) < 4.78 is 26.9. The topological polar surface area (TPSA) is 50.3 Å². The molecule has 24 heavy (non-hydrogen) atoms. The summed E-state index contributed by atoms with van der Waals surface area (Å²) in [7, 11) is -3.31. The van der Waals surface area contributed by atoms with E-state index in [1.807, 2.05) is 19.1 Å². The Kier molecular flexibility index (Phi) is 5.01. The molecule has 0 amide bonds. The van der Waals surface area contributed by atoms with E-state index in [-0.39, 0.29) is 11.8 Å². The molecule has 0 radical (unpaired) electrons. The first-order valence-electron chi connectivity index (χ1n) is 8.58. The summed E-state index contributed by atoms with van der Waals surface area (Å²) in [5, 5.41) is 0. The maximum atomic E-state index is 12.7. The highest BCUT2D eigenvalue weighted by Crippen LogP contribution is 2.33. The predicted octanol–water partition coefficient (Wildman–Crippen LogP) is 3.33. The van der Waals surface area contributed by atoms with Gasteiger partial charge in [0.05, 0.1) is 11.8 Å². The molecule has 0 bridgehead atoms. The van der Waals surface area contributed by atoms with E-state index < -0.39 is 10.0 Å². The molecular weight excluding hydrogens is 320 g/mol. The number of nitrogens with zero attached hydrogens (tertiary/aromatic N) is 2. The summed E-state index contributed by atoms with van der Waals surface area (Å²) >= 11 is 0. The highest BCUT2D eigenvalue weighted by atomic mass is 32.2. The zero-order chi connectivity index (χ0) is 17.2. The average molecular weight is 344 g/mol. The summed E-state index contributed by atoms with van der Waals surface area (Å²) in [5.74, 6) is 0.0997. The molecule has 0 spiro atoms. The van der Waals surface area contributed by atoms with Crippen LogP contribution in [-0.4, -0.2) is 30.0 Å². The molecule has 128 valence electrons. The first-order valence-corrected chi connectivity index (χ1v) is 10.2. The maximum absolute atomic E-state index is 12.7. The van der Waals surface area contributed by atoms with Crippen molar-refractivity contribution in [1.82, 2.24) is 9.29 Å². The van der Waals surface area contributed by atoms with Crippen LogP contribution in [0.5, 0.6) is 0 Å². The zero-order valence-corrected chi connectivity index (χ0v) is 15.1. The van der Waals surface area contributed by atoms with Crippen LogP contribution in [0.25, 0.3) is 0 Å². The van der Waals surface area contributed by atoms with Gasteiger partial charge in [0.15, 0.2) is 0 Å². The number of rotatable bonds is 6. The molecule has 1 aliphatic carbocycles. The Balaban J connectivity index is 2.12. The van der Waals surface area contributed by atoms with E-state index in [1.165, 1.54) is 17.5 Å². The Morgan fingerprint density at radius 2 is 1.92 bits per heavy atom. The molecule has 1 atom stereocenters. The molecular formula is C19H24N2O2S. The molecule has 0 unspecified atom stereocenters. The van der Waals surface area contributed by atoms with E-state index in [0.29, 0.717) is 6.54 Å². The summed E-state index contributed by atoms with van der Waals surface area (Å²) in [6, 6.07) is 9.93. The number of hydrogen-bond acceptors (Lipinski definition) is 3. The van der Waals surface area contributed by atoms with Crippen LogP contribution in [0.15, 0.2) is 42.7 Å². The SMILES string of the molecule is CCN([C@H](c1cccnc1)c1ccc2c(c1)CCC2)S(=O)(=O)CC. The van der Waals surface area contributed by atoms with Gasteiger partial charge in [0.25, 0.3) is 0 Å². The van der Waals surface area contributed by atoms with Crippen LogP contribution in [0.4, 0.5) is 0 Å². The Labute approximate surface area is 144 Å². The van der Waals surface area contributed by atoms with Gasteiger partial charge in [-0.25, -0.2) is 8.42 Å². The van der Waals surface area contributed by atoms with E-state index in [9.17, 15) is 8.42 Å². The maximum Gasteiger partial charge on any atom is 0.214 e. The van der Waals surface area contributed by atoms with E-state index in [4.69, 9.17) is 0 Å². The molecule has 1 aromatic carbocycles. The van der Waals surface area contributed by atoms with Gasteiger partial charge < -0.3 is 0 Å². The standard InChI is InChI=1S/C19H24N2O2S/c1-3-21(24(22,23)4-2)19(18-9-6-12-20-14-18)17-11-10-15-7-5-8-16(15)13-17/h6,9-14,19H,3-5,7-8H2,1-2H3/t19-/m0/s1. The fourth-order valence-electron chi connectivity index (χ4n) is 3.53. The number of fused-ring (bicyclic) bond motifs is 1. The van der Waals surface area contributed by atoms with Crippen molar-refractivity contribution in [2.24, 2.45) is 0 Å². The second-order valence-corrected chi connectivity index (χ2v) is 8.38. The van der Waals surface area contributed by atoms with Crippen LogP contribution in [0.3, 0.4) is 0 Å². The third-order valence-corrected chi connectivity index (χ3v) is 6.67. The lowest BCUT2D eigenvalue weighted by molar-refractivity contribution is 0.375. The molecule has 0 saturated heterocycles. The summed E-state index contributed by atoms with van der Waals surface area (Å²) in [5.41, 5.74) is 4.69. The van der Waals surface area contributed by atoms with Crippen molar-refractivity contribution in [2.75, 3.05) is 12.3 Å². The monoisotopic (exact) mass is 344 g/mol. The van der Waals surface area contributed by atoms with Gasteiger partial charge in [-0.15, -0.1) is 0 Å². The van der Waals surface area contributed by atoms with E-state index in [0.717, 1.165) is 24.0 Å². The number of sulfonamides is 1. The Morgan fingerprint density at radius 3 is 2.58 bits per heavy atom. The first-order chi connectivity index (χ1) is 11.6. The fourth-order valence-corrected chi connectivity index (χ4v) is 4.82. The van der Waals surface area contributed by atoms with Crippen molar-refractivity contribution in [2.45, 2.75) is 39.2 Å². The van der Waals surface area contributed by atoms with Crippen LogP contribution in [-0.2, 0) is 22.9 Å². The molecule has 3 rings (SSSR count). The third-order valence-electron chi connectivity index (χ3n) is 4.76. The fraction of sp³-hybridized carbons (Fsp3) is 0.421. The van der Waals surface area contributed by atoms with Gasteiger partial charge in [0.2, 0.25) is 10.0 Å². The summed E-state index contributed by atoms with van der Waals surface area (Å²) in [6.45, 7) is 4.03. The largest absolute Gasteiger partial charge is 0.264 e. The van der Waals surface area contributed by atoms with Crippen molar-refractivity contribution < 1.29 is 8.42 Å². The molecule has 0 saturated carbocycles. The van der Waals surface area contributed by atoms with Crippen LogP contribution in [0, 0.1) is 0 Å². The van der Waals surface area contributed by atoms with Crippen molar-refractivity contribution >= 4 is 10.0 Å². The van der Waals surface area contributed by atoms with Gasteiger partial charge in [-0.05, 0) is 54.5 Å². The molecule has 5 heteroatoms. The molecule has 0 fully saturated rings. The van der Waals surface area contributed by atoms with Gasteiger partial charge >= 0.3 is 0 Å². The van der Waals surface area contributed by atoms with E-state index >= 15 is 0 Å². The van der Waals surface area contributed by atoms with Crippen molar-refractivity contribution in [3.8, 4) is 0 Å². The van der Waals surface area contributed by atoms with Gasteiger partial charge in [-0.2, -0.15) is 4.31 Å². The predicted molar refractivity (Wildman–Crippen MR) is 96.4 cm³/mol. The molecule has 2 aromatic rings. The average Bonchev–Trinajstić information content (AvgIpc) is 3.07. The van der Waals surface area contributed by atoms with E-state index in [2.05, 4.69) is 23.2 Å². The van der Waals surface area contributed by atoms with Crippen LogP contribution in [0.2, 0.25) is 0 Å². The Bertz CT molecular complexity index is 803. The number of pyridine rings is 1. The summed E-state index contributed by atoms with van der Waals surface area (Å²) in [4.78, 5) is 4.21. The van der Waals surface area contributed by atoms with Crippen LogP contribution in [0.1, 0.15) is 48.6 Å². The van der Waals surface area contributed by atoms with Crippen LogP contribution >= 0.6 is 0 Å². The second-order valence-electron chi connectivity index (χ2n) is 6.17. The smallest absolute Gasteiger partial charge is 0.214 e. The quantitative estimate of drug-likeness (QED) is 0.808. The van der Waals surface area contributed by atoms with Crippen molar-refractivity contribution in [3.63, 3.8) is 0 Å². The van der Waals surface area contributed by atoms with Crippen molar-refractivity contribution in [1.29, 1.82) is 0 Å². The number of aryl methyl sites for hydroxylation is 2. The lowest BCUT2D eigenvalue weighted by Gasteiger charge is -2.30. The molecule has 0 N–H and O–H groups in total. The highest BCUT2D eigenvalue weighted by molar-refractivity contribution is 7.89. The van der Waals surface area contributed by atoms with E-state index in [1.54, 1.807) is 23.6 Å². The number of benzene rings is 1. The zero-order valence-electron chi connectivity index (χ0n) is 14.3. The normalized spacial score (nSPS) is 15.5. The first kappa shape index (κ1) is 17.1. The van der Waals surface area contributed by atoms with Crippen molar-refractivity contribution in [3.05, 3.63) is 65.0 Å². The van der Waals surface area contributed by atoms with Gasteiger partial charge in [-0.1, -0.05) is 31.2 Å². The van der Waals surface area contributed by atoms with Gasteiger partial charge in [-0.3, -0.25) is 4.98 Å². The number of aromatic nitrogens is 1. The Morgan fingerprint density at radius 1 is 1.12 bits per heavy atom. The molecule has 1 heterocycles.